The fourth-order valence-corrected chi connectivity index (χ4v) is 2.52. The van der Waals surface area contributed by atoms with E-state index in [-0.39, 0.29) is 0 Å². The summed E-state index contributed by atoms with van der Waals surface area (Å²) in [6.07, 6.45) is 7.21. The van der Waals surface area contributed by atoms with E-state index in [9.17, 15) is 0 Å². The fourth-order valence-electron chi connectivity index (χ4n) is 2.52. The average Bonchev–Trinajstić information content (AvgIpc) is 2.82. The molecule has 2 saturated carbocycles. The van der Waals surface area contributed by atoms with Crippen LogP contribution in [0.15, 0.2) is 0 Å². The highest BCUT2D eigenvalue weighted by molar-refractivity contribution is 4.95. The third-order valence-electron chi connectivity index (χ3n) is 3.67. The first-order chi connectivity index (χ1) is 5.79. The van der Waals surface area contributed by atoms with E-state index in [1.165, 1.54) is 25.7 Å². The van der Waals surface area contributed by atoms with Crippen molar-refractivity contribution < 1.29 is 0 Å². The summed E-state index contributed by atoms with van der Waals surface area (Å²) in [5, 5.41) is 3.73. The molecule has 0 aromatic heterocycles. The van der Waals surface area contributed by atoms with Gasteiger partial charge in [-0.3, -0.25) is 0 Å². The molecule has 0 aliphatic heterocycles. The molecule has 4 unspecified atom stereocenters. The van der Waals surface area contributed by atoms with E-state index in [1.807, 2.05) is 0 Å². The van der Waals surface area contributed by atoms with Gasteiger partial charge in [-0.25, -0.2) is 0 Å². The van der Waals surface area contributed by atoms with Gasteiger partial charge in [-0.15, -0.1) is 0 Å². The Morgan fingerprint density at radius 3 is 2.75 bits per heavy atom. The Bertz CT molecular complexity index is 155. The number of hydrogen-bond acceptors (Lipinski definition) is 1. The highest BCUT2D eigenvalue weighted by atomic mass is 14.9. The number of rotatable bonds is 3. The first-order valence-electron chi connectivity index (χ1n) is 5.55. The van der Waals surface area contributed by atoms with Crippen molar-refractivity contribution in [2.24, 2.45) is 11.8 Å². The Balaban J connectivity index is 1.73. The smallest absolute Gasteiger partial charge is 0.00723 e. The summed E-state index contributed by atoms with van der Waals surface area (Å²) < 4.78 is 0. The third-order valence-corrected chi connectivity index (χ3v) is 3.67. The summed E-state index contributed by atoms with van der Waals surface area (Å²) in [5.74, 6) is 2.25. The highest BCUT2D eigenvalue weighted by Gasteiger charge is 2.41. The minimum Gasteiger partial charge on any atom is -0.312 e. The summed E-state index contributed by atoms with van der Waals surface area (Å²) in [6, 6.07) is 1.58. The predicted molar refractivity (Wildman–Crippen MR) is 52.1 cm³/mol. The second-order valence-corrected chi connectivity index (χ2v) is 4.74. The van der Waals surface area contributed by atoms with Crippen molar-refractivity contribution in [2.75, 3.05) is 0 Å². The van der Waals surface area contributed by atoms with Gasteiger partial charge in [-0.05, 0) is 50.9 Å². The van der Waals surface area contributed by atoms with E-state index in [0.29, 0.717) is 0 Å². The minimum absolute atomic E-state index is 0.727. The molecule has 0 aromatic rings. The molecule has 1 N–H and O–H groups in total. The molecular weight excluding hydrogens is 146 g/mol. The second kappa shape index (κ2) is 3.37. The van der Waals surface area contributed by atoms with E-state index in [1.54, 1.807) is 6.42 Å². The lowest BCUT2D eigenvalue weighted by atomic mass is 9.95. The quantitative estimate of drug-likeness (QED) is 0.681. The third kappa shape index (κ3) is 1.82. The molecule has 1 nitrogen and oxygen atoms in total. The van der Waals surface area contributed by atoms with Gasteiger partial charge in [-0.1, -0.05) is 6.92 Å². The van der Waals surface area contributed by atoms with Crippen molar-refractivity contribution in [3.63, 3.8) is 0 Å². The van der Waals surface area contributed by atoms with Crippen molar-refractivity contribution in [3.05, 3.63) is 0 Å². The van der Waals surface area contributed by atoms with Crippen molar-refractivity contribution >= 4 is 0 Å². The molecular formula is C11H21N. The molecule has 2 rings (SSSR count). The van der Waals surface area contributed by atoms with Crippen LogP contribution in [0.4, 0.5) is 0 Å². The molecule has 0 amide bonds. The van der Waals surface area contributed by atoms with Gasteiger partial charge in [0, 0.05) is 12.1 Å². The van der Waals surface area contributed by atoms with Crippen LogP contribution in [-0.4, -0.2) is 12.1 Å². The van der Waals surface area contributed by atoms with Gasteiger partial charge in [-0.2, -0.15) is 0 Å². The molecule has 70 valence electrons. The van der Waals surface area contributed by atoms with Crippen molar-refractivity contribution in [2.45, 2.75) is 58.0 Å². The maximum atomic E-state index is 3.73. The van der Waals surface area contributed by atoms with E-state index in [4.69, 9.17) is 0 Å². The average molecular weight is 167 g/mol. The lowest BCUT2D eigenvalue weighted by Crippen LogP contribution is -2.37. The predicted octanol–water partition coefficient (Wildman–Crippen LogP) is 2.56. The number of fused-ring (bicyclic) bond motifs is 1. The zero-order valence-electron chi connectivity index (χ0n) is 8.34. The molecule has 0 heterocycles. The van der Waals surface area contributed by atoms with Crippen molar-refractivity contribution in [1.82, 2.24) is 5.32 Å². The highest BCUT2D eigenvalue weighted by Crippen LogP contribution is 2.49. The number of nitrogens with one attached hydrogen (secondary N) is 1. The molecule has 0 saturated heterocycles. The Morgan fingerprint density at radius 2 is 2.08 bits per heavy atom. The van der Waals surface area contributed by atoms with Crippen molar-refractivity contribution in [3.8, 4) is 0 Å². The standard InChI is InChI=1S/C11H21N/c1-3-8(2)12-11-5-4-9-6-10(9)7-11/h8-12H,3-7H2,1-2H3. The van der Waals surface area contributed by atoms with Crippen molar-refractivity contribution in [1.29, 1.82) is 0 Å². The maximum absolute atomic E-state index is 3.73. The SMILES string of the molecule is CCC(C)NC1CCC2CC2C1. The molecule has 2 fully saturated rings. The van der Waals surface area contributed by atoms with Gasteiger partial charge >= 0.3 is 0 Å². The van der Waals surface area contributed by atoms with Gasteiger partial charge < -0.3 is 5.32 Å². The van der Waals surface area contributed by atoms with E-state index >= 15 is 0 Å². The molecule has 4 atom stereocenters. The molecule has 2 aliphatic rings. The van der Waals surface area contributed by atoms with Gasteiger partial charge in [0.05, 0.1) is 0 Å². The topological polar surface area (TPSA) is 12.0 Å². The number of hydrogen-bond donors (Lipinski definition) is 1. The zero-order chi connectivity index (χ0) is 8.55. The summed E-state index contributed by atoms with van der Waals surface area (Å²) in [5.41, 5.74) is 0. The molecule has 0 radical (unpaired) electrons. The van der Waals surface area contributed by atoms with Gasteiger partial charge in [0.15, 0.2) is 0 Å². The van der Waals surface area contributed by atoms with E-state index in [0.717, 1.165) is 23.9 Å². The molecule has 0 spiro atoms. The summed E-state index contributed by atoms with van der Waals surface area (Å²) in [6.45, 7) is 4.57. The monoisotopic (exact) mass is 167 g/mol. The normalized spacial score (nSPS) is 42.0. The first kappa shape index (κ1) is 8.55. The van der Waals surface area contributed by atoms with Crippen LogP contribution < -0.4 is 5.32 Å². The molecule has 0 bridgehead atoms. The van der Waals surface area contributed by atoms with Crippen LogP contribution in [0.2, 0.25) is 0 Å². The van der Waals surface area contributed by atoms with Crippen LogP contribution in [0.1, 0.15) is 46.0 Å². The Labute approximate surface area is 75.9 Å². The van der Waals surface area contributed by atoms with Gasteiger partial charge in [0.2, 0.25) is 0 Å². The Kier molecular flexibility index (Phi) is 2.40. The van der Waals surface area contributed by atoms with Crippen LogP contribution in [-0.2, 0) is 0 Å². The summed E-state index contributed by atoms with van der Waals surface area (Å²) in [7, 11) is 0. The fraction of sp³-hybridized carbons (Fsp3) is 1.00. The van der Waals surface area contributed by atoms with E-state index in [2.05, 4.69) is 19.2 Å². The molecule has 1 heteroatoms. The lowest BCUT2D eigenvalue weighted by Gasteiger charge is -2.25. The summed E-state index contributed by atoms with van der Waals surface area (Å²) >= 11 is 0. The second-order valence-electron chi connectivity index (χ2n) is 4.74. The minimum atomic E-state index is 0.727. The largest absolute Gasteiger partial charge is 0.312 e. The first-order valence-corrected chi connectivity index (χ1v) is 5.55. The van der Waals surface area contributed by atoms with Crippen LogP contribution in [0.5, 0.6) is 0 Å². The van der Waals surface area contributed by atoms with Gasteiger partial charge in [0.1, 0.15) is 0 Å². The Morgan fingerprint density at radius 1 is 1.25 bits per heavy atom. The van der Waals surface area contributed by atoms with Crippen LogP contribution >= 0.6 is 0 Å². The maximum Gasteiger partial charge on any atom is 0.00723 e. The van der Waals surface area contributed by atoms with Gasteiger partial charge in [0.25, 0.3) is 0 Å². The van der Waals surface area contributed by atoms with E-state index < -0.39 is 0 Å². The van der Waals surface area contributed by atoms with Crippen LogP contribution in [0, 0.1) is 11.8 Å². The molecule has 0 aromatic carbocycles. The summed E-state index contributed by atoms with van der Waals surface area (Å²) in [4.78, 5) is 0. The van der Waals surface area contributed by atoms with Crippen LogP contribution in [0.3, 0.4) is 0 Å². The molecule has 12 heavy (non-hydrogen) atoms. The Hall–Kier alpha value is -0.0400. The molecule has 2 aliphatic carbocycles. The lowest BCUT2D eigenvalue weighted by molar-refractivity contribution is 0.330. The zero-order valence-corrected chi connectivity index (χ0v) is 8.34. The van der Waals surface area contributed by atoms with Crippen LogP contribution in [0.25, 0.3) is 0 Å².